The molecule has 1 aromatic heterocycles. The standard InChI is InChI=1S/C20H27FN6OS/c1-3-22-20(24-9-8-23-19(28)18-15(2)25-14-29-18)27-12-10-26(11-13-27)17-7-5-4-6-16(17)21/h4-7,14H,3,8-13H2,1-2H3,(H,22,24)(H,23,28). The lowest BCUT2D eigenvalue weighted by Gasteiger charge is -2.37. The molecule has 1 aliphatic rings. The van der Waals surface area contributed by atoms with E-state index in [1.807, 2.05) is 26.0 Å². The van der Waals surface area contributed by atoms with Crippen LogP contribution >= 0.6 is 11.3 Å². The third-order valence-electron chi connectivity index (χ3n) is 4.72. The number of anilines is 1. The fourth-order valence-electron chi connectivity index (χ4n) is 3.22. The molecule has 9 heteroatoms. The number of aryl methyl sites for hydroxylation is 1. The molecule has 0 radical (unpaired) electrons. The number of aromatic nitrogens is 1. The first kappa shape index (κ1) is 21.0. The van der Waals surface area contributed by atoms with Crippen molar-refractivity contribution in [3.63, 3.8) is 0 Å². The highest BCUT2D eigenvalue weighted by Crippen LogP contribution is 2.20. The molecule has 156 valence electrons. The third kappa shape index (κ3) is 5.44. The van der Waals surface area contributed by atoms with Crippen LogP contribution in [0.1, 0.15) is 22.3 Å². The number of hydrogen-bond donors (Lipinski definition) is 2. The highest BCUT2D eigenvalue weighted by molar-refractivity contribution is 7.11. The second-order valence-electron chi connectivity index (χ2n) is 6.68. The van der Waals surface area contributed by atoms with E-state index in [-0.39, 0.29) is 11.7 Å². The smallest absolute Gasteiger partial charge is 0.263 e. The zero-order valence-electron chi connectivity index (χ0n) is 16.8. The van der Waals surface area contributed by atoms with Crippen molar-refractivity contribution in [2.45, 2.75) is 13.8 Å². The Morgan fingerprint density at radius 3 is 2.66 bits per heavy atom. The second-order valence-corrected chi connectivity index (χ2v) is 7.54. The van der Waals surface area contributed by atoms with Gasteiger partial charge >= 0.3 is 0 Å². The Morgan fingerprint density at radius 1 is 1.24 bits per heavy atom. The number of rotatable bonds is 6. The minimum absolute atomic E-state index is 0.108. The summed E-state index contributed by atoms with van der Waals surface area (Å²) in [5.41, 5.74) is 3.07. The van der Waals surface area contributed by atoms with Gasteiger partial charge in [0.1, 0.15) is 10.7 Å². The van der Waals surface area contributed by atoms with Gasteiger partial charge in [-0.1, -0.05) is 12.1 Å². The molecule has 2 N–H and O–H groups in total. The largest absolute Gasteiger partial charge is 0.366 e. The number of carbonyl (C=O) groups is 1. The molecule has 0 unspecified atom stereocenters. The van der Waals surface area contributed by atoms with Crippen LogP contribution in [0.5, 0.6) is 0 Å². The van der Waals surface area contributed by atoms with E-state index in [4.69, 9.17) is 0 Å². The van der Waals surface area contributed by atoms with Crippen LogP contribution in [0.3, 0.4) is 0 Å². The van der Waals surface area contributed by atoms with Crippen LogP contribution in [0.4, 0.5) is 10.1 Å². The highest BCUT2D eigenvalue weighted by atomic mass is 32.1. The molecule has 1 fully saturated rings. The summed E-state index contributed by atoms with van der Waals surface area (Å²) < 4.78 is 14.0. The molecule has 3 rings (SSSR count). The van der Waals surface area contributed by atoms with Crippen molar-refractivity contribution in [3.05, 3.63) is 46.2 Å². The number of piperazine rings is 1. The topological polar surface area (TPSA) is 72.9 Å². The van der Waals surface area contributed by atoms with E-state index in [1.165, 1.54) is 17.4 Å². The second kappa shape index (κ2) is 10.2. The monoisotopic (exact) mass is 418 g/mol. The van der Waals surface area contributed by atoms with E-state index in [2.05, 4.69) is 30.4 Å². The van der Waals surface area contributed by atoms with Gasteiger partial charge in [-0.05, 0) is 26.0 Å². The van der Waals surface area contributed by atoms with E-state index in [0.29, 0.717) is 23.7 Å². The molecular formula is C20H27FN6OS. The van der Waals surface area contributed by atoms with Gasteiger partial charge in [0, 0.05) is 39.3 Å². The highest BCUT2D eigenvalue weighted by Gasteiger charge is 2.21. The minimum Gasteiger partial charge on any atom is -0.366 e. The Bertz CT molecular complexity index is 847. The van der Waals surface area contributed by atoms with Crippen LogP contribution in [0.15, 0.2) is 34.8 Å². The van der Waals surface area contributed by atoms with Crippen molar-refractivity contribution in [1.29, 1.82) is 0 Å². The first-order chi connectivity index (χ1) is 14.1. The summed E-state index contributed by atoms with van der Waals surface area (Å²) in [5, 5.41) is 6.20. The maximum absolute atomic E-state index is 14.0. The number of hydrogen-bond acceptors (Lipinski definition) is 5. The van der Waals surface area contributed by atoms with Gasteiger partial charge in [0.2, 0.25) is 0 Å². The Balaban J connectivity index is 1.51. The number of amides is 1. The number of thiazole rings is 1. The first-order valence-electron chi connectivity index (χ1n) is 9.81. The molecule has 2 aromatic rings. The normalized spacial score (nSPS) is 14.8. The summed E-state index contributed by atoms with van der Waals surface area (Å²) in [7, 11) is 0. The van der Waals surface area contributed by atoms with Crippen molar-refractivity contribution in [2.24, 2.45) is 4.99 Å². The lowest BCUT2D eigenvalue weighted by atomic mass is 10.2. The Kier molecular flexibility index (Phi) is 7.40. The summed E-state index contributed by atoms with van der Waals surface area (Å²) in [6.07, 6.45) is 0. The molecule has 0 spiro atoms. The van der Waals surface area contributed by atoms with E-state index in [9.17, 15) is 9.18 Å². The summed E-state index contributed by atoms with van der Waals surface area (Å²) in [6, 6.07) is 6.88. The fraction of sp³-hybridized carbons (Fsp3) is 0.450. The molecule has 1 aromatic carbocycles. The molecule has 2 heterocycles. The summed E-state index contributed by atoms with van der Waals surface area (Å²) in [5.74, 6) is 0.529. The molecule has 1 amide bonds. The molecule has 1 aliphatic heterocycles. The zero-order valence-corrected chi connectivity index (χ0v) is 17.6. The summed E-state index contributed by atoms with van der Waals surface area (Å²) >= 11 is 1.34. The molecule has 0 bridgehead atoms. The number of halogens is 1. The molecule has 0 atom stereocenters. The lowest BCUT2D eigenvalue weighted by Crippen LogP contribution is -2.52. The maximum atomic E-state index is 14.0. The minimum atomic E-state index is -0.187. The molecule has 0 saturated carbocycles. The van der Waals surface area contributed by atoms with E-state index < -0.39 is 0 Å². The van der Waals surface area contributed by atoms with Crippen LogP contribution in [0.2, 0.25) is 0 Å². The van der Waals surface area contributed by atoms with Gasteiger partial charge in [0.05, 0.1) is 23.4 Å². The fourth-order valence-corrected chi connectivity index (χ4v) is 3.94. The predicted octanol–water partition coefficient (Wildman–Crippen LogP) is 2.11. The van der Waals surface area contributed by atoms with Gasteiger partial charge in [-0.25, -0.2) is 9.37 Å². The number of guanidine groups is 1. The van der Waals surface area contributed by atoms with Crippen LogP contribution < -0.4 is 15.5 Å². The van der Waals surface area contributed by atoms with Crippen LogP contribution in [-0.4, -0.2) is 67.6 Å². The molecule has 0 aliphatic carbocycles. The molecule has 29 heavy (non-hydrogen) atoms. The van der Waals surface area contributed by atoms with Gasteiger partial charge in [0.15, 0.2) is 5.96 Å². The van der Waals surface area contributed by atoms with E-state index in [1.54, 1.807) is 11.6 Å². The Labute approximate surface area is 174 Å². The molecule has 7 nitrogen and oxygen atoms in total. The van der Waals surface area contributed by atoms with Gasteiger partial charge in [-0.15, -0.1) is 11.3 Å². The quantitative estimate of drug-likeness (QED) is 0.427. The third-order valence-corrected chi connectivity index (χ3v) is 5.65. The summed E-state index contributed by atoms with van der Waals surface area (Å²) in [4.78, 5) is 25.8. The number of nitrogens with one attached hydrogen (secondary N) is 2. The number of nitrogens with zero attached hydrogens (tertiary/aromatic N) is 4. The van der Waals surface area contributed by atoms with Crippen LogP contribution in [-0.2, 0) is 0 Å². The van der Waals surface area contributed by atoms with Crippen molar-refractivity contribution in [3.8, 4) is 0 Å². The maximum Gasteiger partial charge on any atom is 0.263 e. The zero-order chi connectivity index (χ0) is 20.6. The number of benzene rings is 1. The van der Waals surface area contributed by atoms with Crippen molar-refractivity contribution >= 4 is 28.9 Å². The number of carbonyl (C=O) groups excluding carboxylic acids is 1. The van der Waals surface area contributed by atoms with Crippen LogP contribution in [0.25, 0.3) is 0 Å². The van der Waals surface area contributed by atoms with Gasteiger partial charge in [-0.3, -0.25) is 9.79 Å². The SMILES string of the molecule is CCNC(=NCCNC(=O)c1scnc1C)N1CCN(c2ccccc2F)CC1. The van der Waals surface area contributed by atoms with Gasteiger partial charge < -0.3 is 20.4 Å². The van der Waals surface area contributed by atoms with E-state index in [0.717, 1.165) is 44.4 Å². The average Bonchev–Trinajstić information content (AvgIpc) is 3.17. The van der Waals surface area contributed by atoms with Gasteiger partial charge in [-0.2, -0.15) is 0 Å². The lowest BCUT2D eigenvalue weighted by molar-refractivity contribution is 0.0958. The Morgan fingerprint density at radius 2 is 2.00 bits per heavy atom. The number of aliphatic imine (C=N–C) groups is 1. The van der Waals surface area contributed by atoms with Crippen molar-refractivity contribution < 1.29 is 9.18 Å². The molecular weight excluding hydrogens is 391 g/mol. The van der Waals surface area contributed by atoms with Crippen molar-refractivity contribution in [1.82, 2.24) is 20.5 Å². The van der Waals surface area contributed by atoms with Crippen molar-refractivity contribution in [2.75, 3.05) is 50.7 Å². The van der Waals surface area contributed by atoms with E-state index >= 15 is 0 Å². The van der Waals surface area contributed by atoms with Crippen LogP contribution in [0, 0.1) is 12.7 Å². The average molecular weight is 419 g/mol. The predicted molar refractivity (Wildman–Crippen MR) is 115 cm³/mol. The molecule has 1 saturated heterocycles. The van der Waals surface area contributed by atoms with Gasteiger partial charge in [0.25, 0.3) is 5.91 Å². The Hall–Kier alpha value is -2.68. The number of para-hydroxylation sites is 1. The summed E-state index contributed by atoms with van der Waals surface area (Å²) in [6.45, 7) is 8.53. The first-order valence-corrected chi connectivity index (χ1v) is 10.7.